The molecular formula is C10H11FO4. The van der Waals surface area contributed by atoms with E-state index in [-0.39, 0.29) is 11.3 Å². The van der Waals surface area contributed by atoms with Crippen molar-refractivity contribution >= 4 is 5.97 Å². The Labute approximate surface area is 86.2 Å². The molecule has 5 heteroatoms. The van der Waals surface area contributed by atoms with Crippen molar-refractivity contribution in [2.24, 2.45) is 0 Å². The molecular weight excluding hydrogens is 203 g/mol. The lowest BCUT2D eigenvalue weighted by molar-refractivity contribution is -0.149. The zero-order valence-corrected chi connectivity index (χ0v) is 8.36. The highest BCUT2D eigenvalue weighted by Crippen LogP contribution is 2.26. The minimum atomic E-state index is -1.32. The maximum absolute atomic E-state index is 13.6. The van der Waals surface area contributed by atoms with Gasteiger partial charge in [-0.3, -0.25) is 0 Å². The molecule has 0 saturated carbocycles. The number of ether oxygens (including phenoxy) is 2. The molecule has 0 saturated heterocycles. The first kappa shape index (κ1) is 11.5. The molecule has 4 nitrogen and oxygen atoms in total. The fraction of sp³-hybridized carbons (Fsp3) is 0.300. The third-order valence-electron chi connectivity index (χ3n) is 1.96. The molecule has 0 aromatic heterocycles. The second-order valence-electron chi connectivity index (χ2n) is 2.82. The maximum atomic E-state index is 13.6. The minimum absolute atomic E-state index is 0.00389. The molecule has 0 aliphatic heterocycles. The summed E-state index contributed by atoms with van der Waals surface area (Å²) in [6.07, 6.45) is -1.32. The molecule has 1 N–H and O–H groups in total. The van der Waals surface area contributed by atoms with Crippen molar-refractivity contribution in [2.75, 3.05) is 14.2 Å². The summed E-state index contributed by atoms with van der Waals surface area (Å²) in [4.78, 5) is 10.8. The van der Waals surface area contributed by atoms with Crippen LogP contribution in [0, 0.1) is 5.82 Å². The van der Waals surface area contributed by atoms with E-state index in [1.165, 1.54) is 32.4 Å². The summed E-state index contributed by atoms with van der Waals surface area (Å²) >= 11 is 0. The van der Waals surface area contributed by atoms with E-state index in [1.807, 2.05) is 0 Å². The first-order valence-electron chi connectivity index (χ1n) is 4.19. The van der Waals surface area contributed by atoms with Gasteiger partial charge >= 0.3 is 5.97 Å². The molecule has 15 heavy (non-hydrogen) atoms. The van der Waals surface area contributed by atoms with Crippen LogP contribution in [0.2, 0.25) is 0 Å². The van der Waals surface area contributed by atoms with E-state index >= 15 is 0 Å². The largest absolute Gasteiger partial charge is 0.494 e. The molecule has 0 aliphatic carbocycles. The monoisotopic (exact) mass is 214 g/mol. The molecule has 1 aromatic rings. The fourth-order valence-electron chi connectivity index (χ4n) is 1.25. The third kappa shape index (κ3) is 2.24. The Hall–Kier alpha value is -1.62. The van der Waals surface area contributed by atoms with Gasteiger partial charge in [-0.05, 0) is 6.07 Å². The number of aliphatic carboxylic acids is 1. The highest BCUT2D eigenvalue weighted by Gasteiger charge is 2.24. The number of methoxy groups -OCH3 is 2. The molecule has 0 bridgehead atoms. The van der Waals surface area contributed by atoms with Crippen molar-refractivity contribution in [3.63, 3.8) is 0 Å². The lowest BCUT2D eigenvalue weighted by Crippen LogP contribution is -2.15. The van der Waals surface area contributed by atoms with Crippen LogP contribution < -0.4 is 4.74 Å². The van der Waals surface area contributed by atoms with Crippen molar-refractivity contribution in [1.29, 1.82) is 0 Å². The molecule has 1 atom stereocenters. The molecule has 0 amide bonds. The van der Waals surface area contributed by atoms with E-state index in [0.29, 0.717) is 0 Å². The normalized spacial score (nSPS) is 12.2. The van der Waals surface area contributed by atoms with Crippen molar-refractivity contribution in [1.82, 2.24) is 0 Å². The molecule has 0 heterocycles. The SMILES string of the molecule is COc1cccc([C@H](OC)C(=O)O)c1F. The lowest BCUT2D eigenvalue weighted by atomic mass is 10.1. The van der Waals surface area contributed by atoms with Crippen LogP contribution in [-0.4, -0.2) is 25.3 Å². The Kier molecular flexibility index (Phi) is 3.62. The molecule has 0 fully saturated rings. The Morgan fingerprint density at radius 1 is 1.47 bits per heavy atom. The van der Waals surface area contributed by atoms with E-state index in [1.54, 1.807) is 0 Å². The summed E-state index contributed by atoms with van der Waals surface area (Å²) in [7, 11) is 2.52. The van der Waals surface area contributed by atoms with Gasteiger partial charge in [0.1, 0.15) is 0 Å². The van der Waals surface area contributed by atoms with Crippen LogP contribution in [0.25, 0.3) is 0 Å². The predicted octanol–water partition coefficient (Wildman–Crippen LogP) is 1.61. The number of benzene rings is 1. The van der Waals surface area contributed by atoms with Gasteiger partial charge in [-0.1, -0.05) is 12.1 Å². The second kappa shape index (κ2) is 4.75. The summed E-state index contributed by atoms with van der Waals surface area (Å²) in [5.74, 6) is -1.96. The maximum Gasteiger partial charge on any atom is 0.337 e. The van der Waals surface area contributed by atoms with Gasteiger partial charge in [0.25, 0.3) is 0 Å². The van der Waals surface area contributed by atoms with Gasteiger partial charge in [0.05, 0.1) is 7.11 Å². The van der Waals surface area contributed by atoms with E-state index < -0.39 is 17.9 Å². The quantitative estimate of drug-likeness (QED) is 0.827. The molecule has 0 aliphatic rings. The standard InChI is InChI=1S/C10H11FO4/c1-14-7-5-3-4-6(8(7)11)9(15-2)10(12)13/h3-5,9H,1-2H3,(H,12,13)/t9-/m0/s1. The van der Waals surface area contributed by atoms with Gasteiger partial charge in [0, 0.05) is 12.7 Å². The highest BCUT2D eigenvalue weighted by atomic mass is 19.1. The summed E-state index contributed by atoms with van der Waals surface area (Å²) in [6, 6.07) is 4.26. The molecule has 1 aromatic carbocycles. The summed E-state index contributed by atoms with van der Waals surface area (Å²) < 4.78 is 23.0. The van der Waals surface area contributed by atoms with Crippen LogP contribution in [0.5, 0.6) is 5.75 Å². The predicted molar refractivity (Wildman–Crippen MR) is 50.3 cm³/mol. The van der Waals surface area contributed by atoms with Crippen LogP contribution in [0.1, 0.15) is 11.7 Å². The van der Waals surface area contributed by atoms with E-state index in [2.05, 4.69) is 4.74 Å². The number of rotatable bonds is 4. The number of hydrogen-bond acceptors (Lipinski definition) is 3. The van der Waals surface area contributed by atoms with Gasteiger partial charge in [-0.15, -0.1) is 0 Å². The van der Waals surface area contributed by atoms with Crippen LogP contribution in [0.4, 0.5) is 4.39 Å². The van der Waals surface area contributed by atoms with Crippen molar-refractivity contribution in [2.45, 2.75) is 6.10 Å². The molecule has 1 rings (SSSR count). The Morgan fingerprint density at radius 3 is 2.60 bits per heavy atom. The number of carbonyl (C=O) groups is 1. The first-order valence-corrected chi connectivity index (χ1v) is 4.19. The van der Waals surface area contributed by atoms with E-state index in [9.17, 15) is 9.18 Å². The number of hydrogen-bond donors (Lipinski definition) is 1. The lowest BCUT2D eigenvalue weighted by Gasteiger charge is -2.13. The smallest absolute Gasteiger partial charge is 0.337 e. The number of carboxylic acid groups (broad SMARTS) is 1. The van der Waals surface area contributed by atoms with Gasteiger partial charge in [0.2, 0.25) is 0 Å². The van der Waals surface area contributed by atoms with Crippen molar-refractivity contribution < 1.29 is 23.8 Å². The second-order valence-corrected chi connectivity index (χ2v) is 2.82. The Bertz CT molecular complexity index is 364. The fourth-order valence-corrected chi connectivity index (χ4v) is 1.25. The number of halogens is 1. The summed E-state index contributed by atoms with van der Waals surface area (Å²) in [5, 5.41) is 8.78. The highest BCUT2D eigenvalue weighted by molar-refractivity contribution is 5.74. The van der Waals surface area contributed by atoms with Crippen molar-refractivity contribution in [3.05, 3.63) is 29.6 Å². The van der Waals surface area contributed by atoms with Crippen molar-refractivity contribution in [3.8, 4) is 5.75 Å². The first-order chi connectivity index (χ1) is 7.11. The van der Waals surface area contributed by atoms with E-state index in [4.69, 9.17) is 9.84 Å². The Morgan fingerprint density at radius 2 is 2.13 bits per heavy atom. The topological polar surface area (TPSA) is 55.8 Å². The van der Waals surface area contributed by atoms with E-state index in [0.717, 1.165) is 0 Å². The van der Waals surface area contributed by atoms with Crippen LogP contribution in [-0.2, 0) is 9.53 Å². The average molecular weight is 214 g/mol. The molecule has 0 unspecified atom stereocenters. The zero-order chi connectivity index (χ0) is 11.4. The average Bonchev–Trinajstić information content (AvgIpc) is 2.21. The summed E-state index contributed by atoms with van der Waals surface area (Å²) in [5.41, 5.74) is -0.0515. The van der Waals surface area contributed by atoms with Gasteiger partial charge in [-0.2, -0.15) is 0 Å². The van der Waals surface area contributed by atoms with Crippen LogP contribution in [0.3, 0.4) is 0 Å². The third-order valence-corrected chi connectivity index (χ3v) is 1.96. The van der Waals surface area contributed by atoms with Gasteiger partial charge in [0.15, 0.2) is 17.7 Å². The summed E-state index contributed by atoms with van der Waals surface area (Å²) in [6.45, 7) is 0. The minimum Gasteiger partial charge on any atom is -0.494 e. The molecule has 82 valence electrons. The zero-order valence-electron chi connectivity index (χ0n) is 8.36. The van der Waals surface area contributed by atoms with Crippen LogP contribution in [0.15, 0.2) is 18.2 Å². The van der Waals surface area contributed by atoms with Gasteiger partial charge < -0.3 is 14.6 Å². The molecule has 0 radical (unpaired) electrons. The van der Waals surface area contributed by atoms with Crippen LogP contribution >= 0.6 is 0 Å². The number of carboxylic acids is 1. The molecule has 0 spiro atoms. The van der Waals surface area contributed by atoms with Gasteiger partial charge in [-0.25, -0.2) is 9.18 Å². The Balaban J connectivity index is 3.18.